The fraction of sp³-hybridized carbons (Fsp3) is 0.833. The molecule has 0 bridgehead atoms. The number of amides is 2. The first-order valence-corrected chi connectivity index (χ1v) is 7.39. The summed E-state index contributed by atoms with van der Waals surface area (Å²) < 4.78 is -0.278. The van der Waals surface area contributed by atoms with E-state index in [0.717, 1.165) is 32.2 Å². The fourth-order valence-electron chi connectivity index (χ4n) is 1.92. The maximum absolute atomic E-state index is 11.8. The Labute approximate surface area is 108 Å². The number of rotatable bonds is 4. The van der Waals surface area contributed by atoms with E-state index in [1.54, 1.807) is 11.8 Å². The SMILES string of the molecule is CCCCNC(=O)N1CCC(C#N)(SC)CC1. The predicted molar refractivity (Wildman–Crippen MR) is 71.0 cm³/mol. The number of piperidine rings is 1. The van der Waals surface area contributed by atoms with E-state index >= 15 is 0 Å². The highest BCUT2D eigenvalue weighted by molar-refractivity contribution is 8.00. The summed E-state index contributed by atoms with van der Waals surface area (Å²) >= 11 is 1.61. The van der Waals surface area contributed by atoms with Crippen LogP contribution >= 0.6 is 11.8 Å². The molecule has 5 heteroatoms. The fourth-order valence-corrected chi connectivity index (χ4v) is 2.60. The highest BCUT2D eigenvalue weighted by atomic mass is 32.2. The van der Waals surface area contributed by atoms with Crippen LogP contribution in [0.5, 0.6) is 0 Å². The molecule has 1 aliphatic heterocycles. The minimum atomic E-state index is -0.278. The van der Waals surface area contributed by atoms with Crippen molar-refractivity contribution in [1.29, 1.82) is 5.26 Å². The molecule has 1 fully saturated rings. The third kappa shape index (κ3) is 3.81. The maximum Gasteiger partial charge on any atom is 0.317 e. The Balaban J connectivity index is 2.36. The van der Waals surface area contributed by atoms with Crippen LogP contribution in [0.4, 0.5) is 4.79 Å². The van der Waals surface area contributed by atoms with Crippen LogP contribution in [0.15, 0.2) is 0 Å². The first-order valence-electron chi connectivity index (χ1n) is 6.16. The third-order valence-electron chi connectivity index (χ3n) is 3.26. The number of hydrogen-bond acceptors (Lipinski definition) is 3. The Morgan fingerprint density at radius 3 is 2.65 bits per heavy atom. The van der Waals surface area contributed by atoms with Crippen LogP contribution in [0, 0.1) is 11.3 Å². The summed E-state index contributed by atoms with van der Waals surface area (Å²) in [6.07, 6.45) is 5.62. The number of urea groups is 1. The van der Waals surface area contributed by atoms with Crippen LogP contribution in [0.2, 0.25) is 0 Å². The van der Waals surface area contributed by atoms with Crippen molar-refractivity contribution in [1.82, 2.24) is 10.2 Å². The van der Waals surface area contributed by atoms with Crippen LogP contribution in [0.25, 0.3) is 0 Å². The van der Waals surface area contributed by atoms with E-state index in [-0.39, 0.29) is 10.8 Å². The van der Waals surface area contributed by atoms with Crippen molar-refractivity contribution in [3.8, 4) is 6.07 Å². The molecule has 1 aliphatic rings. The zero-order valence-electron chi connectivity index (χ0n) is 10.7. The number of nitriles is 1. The molecule has 0 aromatic rings. The summed E-state index contributed by atoms with van der Waals surface area (Å²) in [6, 6.07) is 2.40. The summed E-state index contributed by atoms with van der Waals surface area (Å²) in [6.45, 7) is 4.23. The zero-order chi connectivity index (χ0) is 12.7. The van der Waals surface area contributed by atoms with E-state index in [1.165, 1.54) is 0 Å². The molecule has 96 valence electrons. The summed E-state index contributed by atoms with van der Waals surface area (Å²) in [5.41, 5.74) is 0. The average molecular weight is 255 g/mol. The second kappa shape index (κ2) is 6.75. The smallest absolute Gasteiger partial charge is 0.317 e. The lowest BCUT2D eigenvalue weighted by Gasteiger charge is -2.36. The molecule has 0 radical (unpaired) electrons. The molecule has 1 saturated heterocycles. The van der Waals surface area contributed by atoms with Crippen LogP contribution in [0.3, 0.4) is 0 Å². The number of carbonyl (C=O) groups excluding carboxylic acids is 1. The Morgan fingerprint density at radius 1 is 1.53 bits per heavy atom. The van der Waals surface area contributed by atoms with Gasteiger partial charge in [0.15, 0.2) is 0 Å². The monoisotopic (exact) mass is 255 g/mol. The molecule has 1 N–H and O–H groups in total. The molecular formula is C12H21N3OS. The highest BCUT2D eigenvalue weighted by Crippen LogP contribution is 2.33. The van der Waals surface area contributed by atoms with E-state index in [1.807, 2.05) is 11.2 Å². The van der Waals surface area contributed by atoms with Crippen molar-refractivity contribution in [2.45, 2.75) is 37.4 Å². The van der Waals surface area contributed by atoms with E-state index in [9.17, 15) is 4.79 Å². The van der Waals surface area contributed by atoms with Crippen LogP contribution < -0.4 is 5.32 Å². The quantitative estimate of drug-likeness (QED) is 0.784. The van der Waals surface area contributed by atoms with Crippen molar-refractivity contribution < 1.29 is 4.79 Å². The van der Waals surface area contributed by atoms with Gasteiger partial charge >= 0.3 is 6.03 Å². The van der Waals surface area contributed by atoms with E-state index in [0.29, 0.717) is 13.1 Å². The first kappa shape index (κ1) is 14.2. The lowest BCUT2D eigenvalue weighted by molar-refractivity contribution is 0.183. The Morgan fingerprint density at radius 2 is 2.18 bits per heavy atom. The molecule has 1 rings (SSSR count). The van der Waals surface area contributed by atoms with Gasteiger partial charge in [-0.05, 0) is 25.5 Å². The minimum absolute atomic E-state index is 0.0195. The van der Waals surface area contributed by atoms with Gasteiger partial charge in [-0.15, -0.1) is 11.8 Å². The molecule has 0 unspecified atom stereocenters. The highest BCUT2D eigenvalue weighted by Gasteiger charge is 2.35. The summed E-state index contributed by atoms with van der Waals surface area (Å²) in [5, 5.41) is 12.1. The number of carbonyl (C=O) groups is 1. The Bertz CT molecular complexity index is 293. The van der Waals surface area contributed by atoms with Gasteiger partial charge in [0.05, 0.1) is 6.07 Å². The molecule has 4 nitrogen and oxygen atoms in total. The molecule has 0 aromatic carbocycles. The van der Waals surface area contributed by atoms with Crippen molar-refractivity contribution in [3.63, 3.8) is 0 Å². The predicted octanol–water partition coefficient (Wildman–Crippen LogP) is 2.22. The van der Waals surface area contributed by atoms with Crippen molar-refractivity contribution >= 4 is 17.8 Å². The molecular weight excluding hydrogens is 234 g/mol. The topological polar surface area (TPSA) is 56.1 Å². The second-order valence-corrected chi connectivity index (χ2v) is 5.57. The zero-order valence-corrected chi connectivity index (χ0v) is 11.5. The molecule has 17 heavy (non-hydrogen) atoms. The van der Waals surface area contributed by atoms with Gasteiger partial charge in [-0.2, -0.15) is 5.26 Å². The van der Waals surface area contributed by atoms with Gasteiger partial charge in [0.2, 0.25) is 0 Å². The Kier molecular flexibility index (Phi) is 5.63. The van der Waals surface area contributed by atoms with Gasteiger partial charge in [-0.3, -0.25) is 0 Å². The van der Waals surface area contributed by atoms with Gasteiger partial charge < -0.3 is 10.2 Å². The Hall–Kier alpha value is -0.890. The lowest BCUT2D eigenvalue weighted by Crippen LogP contribution is -2.48. The van der Waals surface area contributed by atoms with Crippen molar-refractivity contribution in [3.05, 3.63) is 0 Å². The number of nitrogens with one attached hydrogen (secondary N) is 1. The largest absolute Gasteiger partial charge is 0.338 e. The molecule has 0 saturated carbocycles. The summed E-state index contributed by atoms with van der Waals surface area (Å²) in [5.74, 6) is 0. The molecule has 0 aliphatic carbocycles. The van der Waals surface area contributed by atoms with E-state index < -0.39 is 0 Å². The van der Waals surface area contributed by atoms with Gasteiger partial charge in [-0.1, -0.05) is 13.3 Å². The van der Waals surface area contributed by atoms with Gasteiger partial charge in [0, 0.05) is 19.6 Å². The van der Waals surface area contributed by atoms with Gasteiger partial charge in [0.1, 0.15) is 4.75 Å². The van der Waals surface area contributed by atoms with Gasteiger partial charge in [0.25, 0.3) is 0 Å². The second-order valence-electron chi connectivity index (χ2n) is 4.38. The standard InChI is InChI=1S/C12H21N3OS/c1-3-4-7-14-11(16)15-8-5-12(10-13,17-2)6-9-15/h3-9H2,1-2H3,(H,14,16). The number of unbranched alkanes of at least 4 members (excludes halogenated alkanes) is 1. The number of likely N-dealkylation sites (tertiary alicyclic amines) is 1. The van der Waals surface area contributed by atoms with E-state index in [2.05, 4.69) is 18.3 Å². The summed E-state index contributed by atoms with van der Waals surface area (Å²) in [7, 11) is 0. The average Bonchev–Trinajstić information content (AvgIpc) is 2.39. The third-order valence-corrected chi connectivity index (χ3v) is 4.54. The normalized spacial score (nSPS) is 18.5. The lowest BCUT2D eigenvalue weighted by atomic mass is 9.97. The first-order chi connectivity index (χ1) is 8.17. The van der Waals surface area contributed by atoms with Crippen molar-refractivity contribution in [2.24, 2.45) is 0 Å². The number of thioether (sulfide) groups is 1. The van der Waals surface area contributed by atoms with Crippen LogP contribution in [0.1, 0.15) is 32.6 Å². The minimum Gasteiger partial charge on any atom is -0.338 e. The molecule has 0 atom stereocenters. The molecule has 2 amide bonds. The van der Waals surface area contributed by atoms with Crippen LogP contribution in [-0.2, 0) is 0 Å². The summed E-state index contributed by atoms with van der Waals surface area (Å²) in [4.78, 5) is 13.6. The molecule has 1 heterocycles. The maximum atomic E-state index is 11.8. The van der Waals surface area contributed by atoms with Gasteiger partial charge in [-0.25, -0.2) is 4.79 Å². The number of nitrogens with zero attached hydrogens (tertiary/aromatic N) is 2. The molecule has 0 aromatic heterocycles. The molecule has 0 spiro atoms. The number of hydrogen-bond donors (Lipinski definition) is 1. The van der Waals surface area contributed by atoms with Crippen LogP contribution in [-0.4, -0.2) is 41.6 Å². The van der Waals surface area contributed by atoms with Crippen molar-refractivity contribution in [2.75, 3.05) is 25.9 Å². The van der Waals surface area contributed by atoms with E-state index in [4.69, 9.17) is 5.26 Å².